The third kappa shape index (κ3) is 2.58. The van der Waals surface area contributed by atoms with Gasteiger partial charge in [-0.3, -0.25) is 9.59 Å². The van der Waals surface area contributed by atoms with Gasteiger partial charge in [0.2, 0.25) is 5.43 Å². The summed E-state index contributed by atoms with van der Waals surface area (Å²) in [4.78, 5) is 24.2. The molecule has 0 atom stereocenters. The van der Waals surface area contributed by atoms with Gasteiger partial charge in [-0.1, -0.05) is 11.6 Å². The van der Waals surface area contributed by atoms with E-state index in [1.165, 1.54) is 7.05 Å². The summed E-state index contributed by atoms with van der Waals surface area (Å²) in [6.07, 6.45) is 1.60. The second kappa shape index (κ2) is 5.88. The van der Waals surface area contributed by atoms with E-state index in [2.05, 4.69) is 5.32 Å². The van der Waals surface area contributed by atoms with Crippen molar-refractivity contribution in [2.45, 2.75) is 13.5 Å². The van der Waals surface area contributed by atoms with E-state index in [4.69, 9.17) is 4.74 Å². The van der Waals surface area contributed by atoms with Crippen molar-refractivity contribution < 1.29 is 9.53 Å². The molecule has 0 radical (unpaired) electrons. The highest BCUT2D eigenvalue weighted by Gasteiger charge is 2.14. The summed E-state index contributed by atoms with van der Waals surface area (Å²) in [7, 11) is 3.14. The second-order valence-corrected chi connectivity index (χ2v) is 4.66. The van der Waals surface area contributed by atoms with Gasteiger partial charge >= 0.3 is 0 Å². The number of nitrogens with zero attached hydrogens (tertiary/aromatic N) is 1. The SMILES string of the molecule is CNC(=O)c1cn(CCOC)c2ccc(C)cc2c1=O. The summed E-state index contributed by atoms with van der Waals surface area (Å²) < 4.78 is 6.96. The van der Waals surface area contributed by atoms with Crippen molar-refractivity contribution in [2.24, 2.45) is 0 Å². The minimum atomic E-state index is -0.371. The fourth-order valence-electron chi connectivity index (χ4n) is 2.18. The Hall–Kier alpha value is -2.14. The molecule has 5 heteroatoms. The van der Waals surface area contributed by atoms with Crippen LogP contribution in [0.1, 0.15) is 15.9 Å². The van der Waals surface area contributed by atoms with Crippen LogP contribution in [0.25, 0.3) is 10.9 Å². The number of carbonyl (C=O) groups excluding carboxylic acids is 1. The van der Waals surface area contributed by atoms with Crippen LogP contribution >= 0.6 is 0 Å². The number of hydrogen-bond donors (Lipinski definition) is 1. The molecule has 0 unspecified atom stereocenters. The number of fused-ring (bicyclic) bond motifs is 1. The Morgan fingerprint density at radius 1 is 1.40 bits per heavy atom. The number of benzene rings is 1. The minimum absolute atomic E-state index is 0.154. The average molecular weight is 274 g/mol. The quantitative estimate of drug-likeness (QED) is 0.914. The zero-order chi connectivity index (χ0) is 14.7. The average Bonchev–Trinajstić information content (AvgIpc) is 2.46. The van der Waals surface area contributed by atoms with E-state index in [0.717, 1.165) is 11.1 Å². The molecule has 1 N–H and O–H groups in total. The number of ether oxygens (including phenoxy) is 1. The summed E-state index contributed by atoms with van der Waals surface area (Å²) >= 11 is 0. The van der Waals surface area contributed by atoms with Gasteiger partial charge in [0.05, 0.1) is 12.1 Å². The molecule has 1 heterocycles. The number of hydrogen-bond acceptors (Lipinski definition) is 3. The van der Waals surface area contributed by atoms with Gasteiger partial charge in [0, 0.05) is 32.3 Å². The number of amides is 1. The summed E-state index contributed by atoms with van der Waals surface area (Å²) in [6, 6.07) is 5.66. The van der Waals surface area contributed by atoms with Crippen molar-refractivity contribution in [3.8, 4) is 0 Å². The molecule has 0 aliphatic heterocycles. The van der Waals surface area contributed by atoms with E-state index in [-0.39, 0.29) is 16.9 Å². The molecule has 106 valence electrons. The Bertz CT molecular complexity index is 704. The van der Waals surface area contributed by atoms with Crippen molar-refractivity contribution >= 4 is 16.8 Å². The lowest BCUT2D eigenvalue weighted by atomic mass is 10.1. The smallest absolute Gasteiger partial charge is 0.256 e. The molecule has 0 aliphatic carbocycles. The van der Waals surface area contributed by atoms with Crippen molar-refractivity contribution in [1.29, 1.82) is 0 Å². The summed E-state index contributed by atoms with van der Waals surface area (Å²) in [5.74, 6) is -0.371. The number of methoxy groups -OCH3 is 1. The summed E-state index contributed by atoms with van der Waals surface area (Å²) in [5, 5.41) is 3.06. The molecule has 0 bridgehead atoms. The van der Waals surface area contributed by atoms with Crippen LogP contribution in [-0.4, -0.2) is 31.2 Å². The van der Waals surface area contributed by atoms with E-state index >= 15 is 0 Å². The van der Waals surface area contributed by atoms with Crippen LogP contribution in [0.4, 0.5) is 0 Å². The van der Waals surface area contributed by atoms with Crippen LogP contribution in [0, 0.1) is 6.92 Å². The van der Waals surface area contributed by atoms with Crippen LogP contribution in [0.5, 0.6) is 0 Å². The Labute approximate surface area is 117 Å². The third-order valence-corrected chi connectivity index (χ3v) is 3.24. The van der Waals surface area contributed by atoms with Crippen LogP contribution < -0.4 is 10.7 Å². The topological polar surface area (TPSA) is 60.3 Å². The molecule has 0 saturated carbocycles. The summed E-state index contributed by atoms with van der Waals surface area (Å²) in [5.41, 5.74) is 1.71. The van der Waals surface area contributed by atoms with Gasteiger partial charge in [-0.25, -0.2) is 0 Å². The molecule has 0 fully saturated rings. The minimum Gasteiger partial charge on any atom is -0.383 e. The van der Waals surface area contributed by atoms with E-state index in [9.17, 15) is 9.59 Å². The number of pyridine rings is 1. The molecular formula is C15H18N2O3. The largest absolute Gasteiger partial charge is 0.383 e. The molecule has 2 aromatic rings. The van der Waals surface area contributed by atoms with E-state index in [0.29, 0.717) is 18.5 Å². The zero-order valence-corrected chi connectivity index (χ0v) is 11.9. The highest BCUT2D eigenvalue weighted by atomic mass is 16.5. The lowest BCUT2D eigenvalue weighted by Crippen LogP contribution is -2.27. The lowest BCUT2D eigenvalue weighted by molar-refractivity contribution is 0.0961. The normalized spacial score (nSPS) is 10.8. The molecule has 20 heavy (non-hydrogen) atoms. The molecule has 1 aromatic carbocycles. The van der Waals surface area contributed by atoms with Crippen molar-refractivity contribution in [1.82, 2.24) is 9.88 Å². The van der Waals surface area contributed by atoms with Crippen LogP contribution in [0.15, 0.2) is 29.2 Å². The third-order valence-electron chi connectivity index (χ3n) is 3.24. The fourth-order valence-corrected chi connectivity index (χ4v) is 2.18. The Morgan fingerprint density at radius 2 is 2.15 bits per heavy atom. The first-order chi connectivity index (χ1) is 9.58. The Balaban J connectivity index is 2.73. The van der Waals surface area contributed by atoms with Crippen LogP contribution in [-0.2, 0) is 11.3 Å². The number of rotatable bonds is 4. The molecule has 0 saturated heterocycles. The van der Waals surface area contributed by atoms with E-state index < -0.39 is 0 Å². The van der Waals surface area contributed by atoms with Gasteiger partial charge in [0.15, 0.2) is 0 Å². The standard InChI is InChI=1S/C15H18N2O3/c1-10-4-5-13-11(8-10)14(18)12(15(19)16-2)9-17(13)6-7-20-3/h4-5,8-9H,6-7H2,1-3H3,(H,16,19). The maximum atomic E-state index is 12.4. The molecular weight excluding hydrogens is 256 g/mol. The van der Waals surface area contributed by atoms with Crippen molar-refractivity contribution in [2.75, 3.05) is 20.8 Å². The van der Waals surface area contributed by atoms with Gasteiger partial charge in [0.1, 0.15) is 5.56 Å². The Morgan fingerprint density at radius 3 is 2.80 bits per heavy atom. The maximum Gasteiger partial charge on any atom is 0.256 e. The predicted molar refractivity (Wildman–Crippen MR) is 78.2 cm³/mol. The first kappa shape index (κ1) is 14.3. The number of nitrogens with one attached hydrogen (secondary N) is 1. The van der Waals surface area contributed by atoms with Gasteiger partial charge in [-0.15, -0.1) is 0 Å². The fraction of sp³-hybridized carbons (Fsp3) is 0.333. The Kier molecular flexibility index (Phi) is 4.20. The van der Waals surface area contributed by atoms with Crippen molar-refractivity contribution in [3.63, 3.8) is 0 Å². The first-order valence-electron chi connectivity index (χ1n) is 6.43. The molecule has 0 spiro atoms. The van der Waals surface area contributed by atoms with Crippen LogP contribution in [0.2, 0.25) is 0 Å². The predicted octanol–water partition coefficient (Wildman–Crippen LogP) is 1.32. The molecule has 5 nitrogen and oxygen atoms in total. The number of carbonyl (C=O) groups is 1. The first-order valence-corrected chi connectivity index (χ1v) is 6.43. The van der Waals surface area contributed by atoms with Gasteiger partial charge in [-0.05, 0) is 19.1 Å². The van der Waals surface area contributed by atoms with Gasteiger partial charge in [0.25, 0.3) is 5.91 Å². The second-order valence-electron chi connectivity index (χ2n) is 4.66. The maximum absolute atomic E-state index is 12.4. The zero-order valence-electron chi connectivity index (χ0n) is 11.9. The van der Waals surface area contributed by atoms with E-state index in [1.54, 1.807) is 13.3 Å². The summed E-state index contributed by atoms with van der Waals surface area (Å²) in [6.45, 7) is 3.02. The van der Waals surface area contributed by atoms with Gasteiger partial charge in [-0.2, -0.15) is 0 Å². The number of aryl methyl sites for hydroxylation is 1. The number of aromatic nitrogens is 1. The lowest BCUT2D eigenvalue weighted by Gasteiger charge is -2.13. The van der Waals surface area contributed by atoms with Gasteiger partial charge < -0.3 is 14.6 Å². The van der Waals surface area contributed by atoms with E-state index in [1.807, 2.05) is 29.7 Å². The molecule has 1 amide bonds. The highest BCUT2D eigenvalue weighted by molar-refractivity contribution is 5.97. The highest BCUT2D eigenvalue weighted by Crippen LogP contribution is 2.14. The molecule has 0 aliphatic rings. The molecule has 1 aromatic heterocycles. The van der Waals surface area contributed by atoms with Crippen LogP contribution in [0.3, 0.4) is 0 Å². The van der Waals surface area contributed by atoms with Crippen molar-refractivity contribution in [3.05, 3.63) is 45.7 Å². The molecule has 2 rings (SSSR count). The monoisotopic (exact) mass is 274 g/mol.